The number of piperidine rings is 1. The van der Waals surface area contributed by atoms with Gasteiger partial charge in [-0.05, 0) is 33.6 Å². The highest BCUT2D eigenvalue weighted by Gasteiger charge is 2.26. The van der Waals surface area contributed by atoms with Gasteiger partial charge >= 0.3 is 0 Å². The number of nitrogens with zero attached hydrogens (tertiary/aromatic N) is 1. The van der Waals surface area contributed by atoms with E-state index in [1.54, 1.807) is 0 Å². The van der Waals surface area contributed by atoms with E-state index in [9.17, 15) is 5.11 Å². The number of allylic oxidation sites excluding steroid dienone is 1. The Morgan fingerprint density at radius 2 is 2.00 bits per heavy atom. The summed E-state index contributed by atoms with van der Waals surface area (Å²) in [5, 5.41) is 9.74. The highest BCUT2D eigenvalue weighted by Crippen LogP contribution is 2.21. The highest BCUT2D eigenvalue weighted by molar-refractivity contribution is 4.99. The van der Waals surface area contributed by atoms with E-state index in [4.69, 9.17) is 0 Å². The second kappa shape index (κ2) is 4.25. The molecule has 0 aromatic carbocycles. The monoisotopic (exact) mass is 183 g/mol. The third-order valence-electron chi connectivity index (χ3n) is 2.90. The van der Waals surface area contributed by atoms with Crippen molar-refractivity contribution in [3.8, 4) is 0 Å². The molecule has 2 nitrogen and oxygen atoms in total. The summed E-state index contributed by atoms with van der Waals surface area (Å²) in [5.74, 6) is 0. The minimum Gasteiger partial charge on any atom is -0.390 e. The van der Waals surface area contributed by atoms with Gasteiger partial charge in [0.05, 0.1) is 5.60 Å². The van der Waals surface area contributed by atoms with Gasteiger partial charge < -0.3 is 5.11 Å². The summed E-state index contributed by atoms with van der Waals surface area (Å²) in [5.41, 5.74) is 1.00. The van der Waals surface area contributed by atoms with Crippen LogP contribution in [0.1, 0.15) is 33.6 Å². The maximum absolute atomic E-state index is 9.74. The first kappa shape index (κ1) is 10.7. The predicted molar refractivity (Wildman–Crippen MR) is 55.7 cm³/mol. The number of hydrogen-bond donors (Lipinski definition) is 1. The molecule has 0 saturated carbocycles. The molecule has 1 N–H and O–H groups in total. The molecule has 0 aromatic rings. The highest BCUT2D eigenvalue weighted by atomic mass is 16.3. The lowest BCUT2D eigenvalue weighted by Crippen LogP contribution is -2.42. The third kappa shape index (κ3) is 3.49. The van der Waals surface area contributed by atoms with E-state index in [-0.39, 0.29) is 0 Å². The zero-order valence-corrected chi connectivity index (χ0v) is 9.01. The molecule has 0 spiro atoms. The second-order valence-electron chi connectivity index (χ2n) is 4.41. The summed E-state index contributed by atoms with van der Waals surface area (Å²) in [6.07, 6.45) is 3.97. The van der Waals surface area contributed by atoms with E-state index in [1.807, 2.05) is 6.92 Å². The van der Waals surface area contributed by atoms with E-state index >= 15 is 0 Å². The molecule has 1 fully saturated rings. The van der Waals surface area contributed by atoms with Gasteiger partial charge in [0.15, 0.2) is 0 Å². The van der Waals surface area contributed by atoms with Gasteiger partial charge in [-0.25, -0.2) is 0 Å². The molecular formula is C11H21NO. The first-order chi connectivity index (χ1) is 6.03. The number of hydrogen-bond acceptors (Lipinski definition) is 2. The van der Waals surface area contributed by atoms with Crippen LogP contribution in [0, 0.1) is 0 Å². The number of likely N-dealkylation sites (tertiary alicyclic amines) is 1. The molecule has 1 aliphatic heterocycles. The minimum atomic E-state index is -0.416. The Morgan fingerprint density at radius 3 is 2.46 bits per heavy atom. The van der Waals surface area contributed by atoms with Gasteiger partial charge in [0.25, 0.3) is 0 Å². The molecule has 0 amide bonds. The van der Waals surface area contributed by atoms with Crippen LogP contribution in [0.5, 0.6) is 0 Å². The lowest BCUT2D eigenvalue weighted by molar-refractivity contribution is -0.00303. The molecule has 0 aromatic heterocycles. The molecule has 1 rings (SSSR count). The standard InChI is InChI=1S/C11H21NO/c1-4-10(2)9-12-7-5-11(3,13)6-8-12/h4,13H,5-9H2,1-3H3. The van der Waals surface area contributed by atoms with Gasteiger partial charge in [0.1, 0.15) is 0 Å². The lowest BCUT2D eigenvalue weighted by Gasteiger charge is -2.35. The fraction of sp³-hybridized carbons (Fsp3) is 0.818. The van der Waals surface area contributed by atoms with Gasteiger partial charge in [-0.3, -0.25) is 4.90 Å². The fourth-order valence-electron chi connectivity index (χ4n) is 1.64. The Hall–Kier alpha value is -0.340. The molecule has 76 valence electrons. The normalized spacial score (nSPS) is 24.8. The predicted octanol–water partition coefficient (Wildman–Crippen LogP) is 1.80. The maximum Gasteiger partial charge on any atom is 0.0644 e. The van der Waals surface area contributed by atoms with Crippen LogP contribution in [0.15, 0.2) is 11.6 Å². The number of rotatable bonds is 2. The lowest BCUT2D eigenvalue weighted by atomic mass is 9.93. The van der Waals surface area contributed by atoms with E-state index in [0.717, 1.165) is 32.5 Å². The Balaban J connectivity index is 2.33. The second-order valence-corrected chi connectivity index (χ2v) is 4.41. The van der Waals surface area contributed by atoms with Crippen molar-refractivity contribution < 1.29 is 5.11 Å². The van der Waals surface area contributed by atoms with Crippen LogP contribution in [-0.2, 0) is 0 Å². The molecule has 1 saturated heterocycles. The van der Waals surface area contributed by atoms with Crippen molar-refractivity contribution in [2.24, 2.45) is 0 Å². The maximum atomic E-state index is 9.74. The topological polar surface area (TPSA) is 23.5 Å². The number of aliphatic hydroxyl groups is 1. The average molecular weight is 183 g/mol. The van der Waals surface area contributed by atoms with Crippen LogP contribution < -0.4 is 0 Å². The summed E-state index contributed by atoms with van der Waals surface area (Å²) >= 11 is 0. The average Bonchev–Trinajstić information content (AvgIpc) is 2.08. The Kier molecular flexibility index (Phi) is 3.51. The van der Waals surface area contributed by atoms with Crippen LogP contribution in [0.2, 0.25) is 0 Å². The van der Waals surface area contributed by atoms with Gasteiger partial charge in [-0.1, -0.05) is 11.6 Å². The SMILES string of the molecule is CC=C(C)CN1CCC(C)(O)CC1. The molecule has 1 aliphatic rings. The van der Waals surface area contributed by atoms with Crippen LogP contribution in [0.4, 0.5) is 0 Å². The van der Waals surface area contributed by atoms with Crippen molar-refractivity contribution in [2.45, 2.75) is 39.2 Å². The zero-order chi connectivity index (χ0) is 9.90. The van der Waals surface area contributed by atoms with E-state index in [1.165, 1.54) is 5.57 Å². The molecule has 1 heterocycles. The van der Waals surface area contributed by atoms with Gasteiger partial charge in [0.2, 0.25) is 0 Å². The summed E-state index contributed by atoms with van der Waals surface area (Å²) in [6, 6.07) is 0. The van der Waals surface area contributed by atoms with Crippen molar-refractivity contribution in [3.63, 3.8) is 0 Å². The van der Waals surface area contributed by atoms with E-state index in [0.29, 0.717) is 0 Å². The third-order valence-corrected chi connectivity index (χ3v) is 2.90. The molecule has 13 heavy (non-hydrogen) atoms. The van der Waals surface area contributed by atoms with Crippen LogP contribution in [0.25, 0.3) is 0 Å². The molecule has 2 heteroatoms. The first-order valence-electron chi connectivity index (χ1n) is 5.10. The Bertz CT molecular complexity index is 186. The van der Waals surface area contributed by atoms with Crippen LogP contribution in [-0.4, -0.2) is 35.2 Å². The van der Waals surface area contributed by atoms with Crippen molar-refractivity contribution in [3.05, 3.63) is 11.6 Å². The molecule has 0 atom stereocenters. The first-order valence-corrected chi connectivity index (χ1v) is 5.10. The smallest absolute Gasteiger partial charge is 0.0644 e. The van der Waals surface area contributed by atoms with Crippen molar-refractivity contribution in [1.29, 1.82) is 0 Å². The van der Waals surface area contributed by atoms with E-state index in [2.05, 4.69) is 24.8 Å². The summed E-state index contributed by atoms with van der Waals surface area (Å²) in [4.78, 5) is 2.41. The largest absolute Gasteiger partial charge is 0.390 e. The Labute approximate surface area is 81.2 Å². The van der Waals surface area contributed by atoms with Crippen molar-refractivity contribution in [1.82, 2.24) is 4.90 Å². The minimum absolute atomic E-state index is 0.416. The fourth-order valence-corrected chi connectivity index (χ4v) is 1.64. The molecule has 0 unspecified atom stereocenters. The van der Waals surface area contributed by atoms with E-state index < -0.39 is 5.60 Å². The van der Waals surface area contributed by atoms with Crippen LogP contribution in [0.3, 0.4) is 0 Å². The van der Waals surface area contributed by atoms with Gasteiger partial charge in [0, 0.05) is 19.6 Å². The quantitative estimate of drug-likeness (QED) is 0.660. The summed E-state index contributed by atoms with van der Waals surface area (Å²) in [7, 11) is 0. The molecular weight excluding hydrogens is 162 g/mol. The molecule has 0 bridgehead atoms. The van der Waals surface area contributed by atoms with Crippen LogP contribution >= 0.6 is 0 Å². The van der Waals surface area contributed by atoms with Gasteiger partial charge in [-0.2, -0.15) is 0 Å². The molecule has 0 radical (unpaired) electrons. The summed E-state index contributed by atoms with van der Waals surface area (Å²) in [6.45, 7) is 9.29. The van der Waals surface area contributed by atoms with Crippen molar-refractivity contribution >= 4 is 0 Å². The Morgan fingerprint density at radius 1 is 1.46 bits per heavy atom. The molecule has 0 aliphatic carbocycles. The zero-order valence-electron chi connectivity index (χ0n) is 9.01. The summed E-state index contributed by atoms with van der Waals surface area (Å²) < 4.78 is 0. The van der Waals surface area contributed by atoms with Crippen molar-refractivity contribution in [2.75, 3.05) is 19.6 Å². The van der Waals surface area contributed by atoms with Gasteiger partial charge in [-0.15, -0.1) is 0 Å².